The van der Waals surface area contributed by atoms with Crippen LogP contribution in [0.4, 0.5) is 5.95 Å². The maximum absolute atomic E-state index is 11.9. The minimum absolute atomic E-state index is 0.108. The Hall–Kier alpha value is -1.55. The first-order valence-corrected chi connectivity index (χ1v) is 6.24. The van der Waals surface area contributed by atoms with Crippen LogP contribution in [-0.4, -0.2) is 50.3 Å². The third kappa shape index (κ3) is 2.08. The Morgan fingerprint density at radius 1 is 1.45 bits per heavy atom. The quantitative estimate of drug-likeness (QED) is 0.682. The van der Waals surface area contributed by atoms with E-state index in [4.69, 9.17) is 19.9 Å². The van der Waals surface area contributed by atoms with Gasteiger partial charge in [0.05, 0.1) is 6.61 Å². The van der Waals surface area contributed by atoms with Crippen molar-refractivity contribution in [1.29, 1.82) is 0 Å². The molecule has 2 fully saturated rings. The van der Waals surface area contributed by atoms with E-state index in [0.717, 1.165) is 0 Å². The zero-order chi connectivity index (χ0) is 14.5. The molecule has 0 spiro atoms. The molecule has 2 saturated heterocycles. The Morgan fingerprint density at radius 2 is 2.15 bits per heavy atom. The van der Waals surface area contributed by atoms with Crippen molar-refractivity contribution >= 4 is 5.95 Å². The van der Waals surface area contributed by atoms with Gasteiger partial charge in [-0.05, 0) is 13.8 Å². The summed E-state index contributed by atoms with van der Waals surface area (Å²) in [7, 11) is 0. The highest BCUT2D eigenvalue weighted by atomic mass is 16.8. The van der Waals surface area contributed by atoms with Gasteiger partial charge in [0.15, 0.2) is 12.0 Å². The second-order valence-electron chi connectivity index (χ2n) is 5.22. The molecule has 9 heteroatoms. The van der Waals surface area contributed by atoms with E-state index in [-0.39, 0.29) is 12.6 Å². The molecule has 0 bridgehead atoms. The van der Waals surface area contributed by atoms with Crippen molar-refractivity contribution in [1.82, 2.24) is 14.5 Å². The second kappa shape index (κ2) is 4.48. The minimum Gasteiger partial charge on any atom is -0.394 e. The highest BCUT2D eigenvalue weighted by molar-refractivity contribution is 5.10. The monoisotopic (exact) mass is 284 g/mol. The molecule has 0 unspecified atom stereocenters. The molecule has 0 aliphatic carbocycles. The first-order valence-electron chi connectivity index (χ1n) is 6.24. The molecule has 2 aliphatic heterocycles. The molecule has 20 heavy (non-hydrogen) atoms. The van der Waals surface area contributed by atoms with Crippen molar-refractivity contribution in [2.45, 2.75) is 44.2 Å². The molecule has 3 N–H and O–H groups in total. The van der Waals surface area contributed by atoms with Crippen LogP contribution in [0, 0.1) is 0 Å². The Kier molecular flexibility index (Phi) is 3.01. The summed E-state index contributed by atoms with van der Waals surface area (Å²) in [6, 6.07) is 0. The molecule has 0 saturated carbocycles. The predicted molar refractivity (Wildman–Crippen MR) is 65.5 cm³/mol. The molecule has 1 aromatic rings. The van der Waals surface area contributed by atoms with Gasteiger partial charge in [0.25, 0.3) is 0 Å². The van der Waals surface area contributed by atoms with Crippen LogP contribution in [0.5, 0.6) is 0 Å². The van der Waals surface area contributed by atoms with E-state index < -0.39 is 36.0 Å². The molecule has 1 aromatic heterocycles. The van der Waals surface area contributed by atoms with Crippen molar-refractivity contribution < 1.29 is 19.3 Å². The molecule has 2 aliphatic rings. The van der Waals surface area contributed by atoms with E-state index in [1.54, 1.807) is 13.8 Å². The number of nitrogen functional groups attached to an aromatic ring is 1. The average Bonchev–Trinajstić information content (AvgIpc) is 2.83. The van der Waals surface area contributed by atoms with Crippen LogP contribution in [-0.2, 0) is 14.2 Å². The van der Waals surface area contributed by atoms with Gasteiger partial charge in [-0.2, -0.15) is 4.98 Å². The number of rotatable bonds is 2. The lowest BCUT2D eigenvalue weighted by Crippen LogP contribution is -2.35. The molecule has 110 valence electrons. The number of ether oxygens (including phenoxy) is 3. The smallest absolute Gasteiger partial charge is 0.354 e. The second-order valence-corrected chi connectivity index (χ2v) is 5.22. The van der Waals surface area contributed by atoms with Crippen molar-refractivity contribution in [2.75, 3.05) is 12.3 Å². The van der Waals surface area contributed by atoms with Crippen LogP contribution < -0.4 is 11.4 Å². The van der Waals surface area contributed by atoms with Crippen LogP contribution in [0.3, 0.4) is 0 Å². The van der Waals surface area contributed by atoms with Gasteiger partial charge in [0.2, 0.25) is 5.95 Å². The maximum atomic E-state index is 11.9. The number of aromatic nitrogens is 3. The zero-order valence-corrected chi connectivity index (χ0v) is 11.1. The molecule has 3 rings (SSSR count). The first-order chi connectivity index (χ1) is 9.41. The highest BCUT2D eigenvalue weighted by Crippen LogP contribution is 2.42. The number of aliphatic hydroxyl groups excluding tert-OH is 1. The third-order valence-electron chi connectivity index (χ3n) is 3.32. The lowest BCUT2D eigenvalue weighted by Gasteiger charge is -2.24. The van der Waals surface area contributed by atoms with Crippen molar-refractivity contribution in [3.05, 3.63) is 16.8 Å². The largest absolute Gasteiger partial charge is 0.394 e. The molecule has 9 nitrogen and oxygen atoms in total. The Labute approximate surface area is 114 Å². The van der Waals surface area contributed by atoms with Gasteiger partial charge in [-0.3, -0.25) is 4.57 Å². The van der Waals surface area contributed by atoms with E-state index in [0.29, 0.717) is 0 Å². The molecular formula is C11H16N4O5. The van der Waals surface area contributed by atoms with Crippen molar-refractivity contribution in [2.24, 2.45) is 0 Å². The summed E-state index contributed by atoms with van der Waals surface area (Å²) in [5.74, 6) is -0.910. The van der Waals surface area contributed by atoms with E-state index >= 15 is 0 Å². The van der Waals surface area contributed by atoms with Crippen molar-refractivity contribution in [3.63, 3.8) is 0 Å². The van der Waals surface area contributed by atoms with Gasteiger partial charge >= 0.3 is 5.69 Å². The Balaban J connectivity index is 1.96. The summed E-state index contributed by atoms with van der Waals surface area (Å²) in [6.07, 6.45) is -1.05. The van der Waals surface area contributed by atoms with Crippen LogP contribution in [0.15, 0.2) is 11.1 Å². The molecule has 0 aromatic carbocycles. The fraction of sp³-hybridized carbons (Fsp3) is 0.727. The van der Waals surface area contributed by atoms with Gasteiger partial charge in [-0.15, -0.1) is 0 Å². The van der Waals surface area contributed by atoms with Gasteiger partial charge in [0.1, 0.15) is 24.6 Å². The lowest BCUT2D eigenvalue weighted by atomic mass is 10.1. The molecule has 0 amide bonds. The molecule has 3 heterocycles. The number of aliphatic hydroxyl groups is 1. The summed E-state index contributed by atoms with van der Waals surface area (Å²) >= 11 is 0. The number of fused-ring (bicyclic) bond motifs is 1. The van der Waals surface area contributed by atoms with E-state index in [1.165, 1.54) is 10.9 Å². The predicted octanol–water partition coefficient (Wildman–Crippen LogP) is -1.37. The highest BCUT2D eigenvalue weighted by Gasteiger charge is 2.55. The fourth-order valence-corrected chi connectivity index (χ4v) is 2.56. The number of hydrogen-bond acceptors (Lipinski definition) is 8. The van der Waals surface area contributed by atoms with Crippen molar-refractivity contribution in [3.8, 4) is 0 Å². The number of nitrogens with zero attached hydrogens (tertiary/aromatic N) is 3. The SMILES string of the molecule is CC1(C)O[C@@H]2[C@@H](O1)[C@@H](n1cnc(N)nc1=O)O[C@H]2CO. The fourth-order valence-electron chi connectivity index (χ4n) is 2.56. The maximum Gasteiger partial charge on any atom is 0.354 e. The number of anilines is 1. The Morgan fingerprint density at radius 3 is 2.80 bits per heavy atom. The molecule has 0 radical (unpaired) electrons. The zero-order valence-electron chi connectivity index (χ0n) is 11.1. The van der Waals surface area contributed by atoms with Gasteiger partial charge in [-0.25, -0.2) is 9.78 Å². The van der Waals surface area contributed by atoms with Gasteiger partial charge < -0.3 is 25.1 Å². The molecular weight excluding hydrogens is 268 g/mol. The van der Waals surface area contributed by atoms with E-state index in [1.807, 2.05) is 0 Å². The van der Waals surface area contributed by atoms with Crippen LogP contribution in [0.25, 0.3) is 0 Å². The summed E-state index contributed by atoms with van der Waals surface area (Å²) in [5, 5.41) is 9.36. The normalized spacial score (nSPS) is 35.1. The average molecular weight is 284 g/mol. The van der Waals surface area contributed by atoms with Crippen LogP contribution >= 0.6 is 0 Å². The minimum atomic E-state index is -0.803. The lowest BCUT2D eigenvalue weighted by molar-refractivity contribution is -0.200. The van der Waals surface area contributed by atoms with Crippen LogP contribution in [0.1, 0.15) is 20.1 Å². The summed E-state index contributed by atoms with van der Waals surface area (Å²) in [4.78, 5) is 19.2. The van der Waals surface area contributed by atoms with Gasteiger partial charge in [0, 0.05) is 0 Å². The van der Waals surface area contributed by atoms with Crippen LogP contribution in [0.2, 0.25) is 0 Å². The van der Waals surface area contributed by atoms with E-state index in [9.17, 15) is 9.90 Å². The summed E-state index contributed by atoms with van der Waals surface area (Å²) in [6.45, 7) is 3.29. The topological polar surface area (TPSA) is 122 Å². The number of nitrogens with two attached hydrogens (primary N) is 1. The molecule has 4 atom stereocenters. The van der Waals surface area contributed by atoms with E-state index in [2.05, 4.69) is 9.97 Å². The summed E-state index contributed by atoms with van der Waals surface area (Å²) in [5.41, 5.74) is 4.77. The number of hydrogen-bond donors (Lipinski definition) is 2. The van der Waals surface area contributed by atoms with Gasteiger partial charge in [-0.1, -0.05) is 0 Å². The summed E-state index contributed by atoms with van der Waals surface area (Å²) < 4.78 is 18.3. The third-order valence-corrected chi connectivity index (χ3v) is 3.32. The first kappa shape index (κ1) is 13.4. The standard InChI is InChI=1S/C11H16N4O5/c1-11(2)19-6-5(3-16)18-8(7(6)20-11)15-4-13-9(12)14-10(15)17/h4-8,16H,3H2,1-2H3,(H2,12,14,17)/t5-,6-,7+,8-/m0/s1. The Bertz CT molecular complexity index is 574.